The lowest BCUT2D eigenvalue weighted by Gasteiger charge is -2.26. The Morgan fingerprint density at radius 1 is 1.05 bits per heavy atom. The number of Topliss-reactive ketones (excluding diaryl/α,β-unsaturated/α-hetero) is 1. The molecule has 7 nitrogen and oxygen atoms in total. The van der Waals surface area contributed by atoms with E-state index in [9.17, 15) is 14.7 Å². The number of likely N-dealkylation sites (tertiary alicyclic amines) is 1. The van der Waals surface area contributed by atoms with Crippen LogP contribution in [0.2, 0.25) is 5.02 Å². The SMILES string of the molecule is CCOc1ccc(/C(O)=C2/C(=O)C(=O)N(CCc3c[nH]c4ccc(OC)cc34)C2c2ccccc2Cl)cc1. The van der Waals surface area contributed by atoms with Crippen molar-refractivity contribution in [2.24, 2.45) is 0 Å². The average Bonchev–Trinajstić information content (AvgIpc) is 3.45. The van der Waals surface area contributed by atoms with E-state index in [2.05, 4.69) is 4.98 Å². The summed E-state index contributed by atoms with van der Waals surface area (Å²) in [6.45, 7) is 2.63. The van der Waals surface area contributed by atoms with Gasteiger partial charge in [0.15, 0.2) is 0 Å². The Kier molecular flexibility index (Phi) is 7.11. The number of nitrogens with one attached hydrogen (secondary N) is 1. The Bertz CT molecular complexity index is 1540. The number of methoxy groups -OCH3 is 1. The van der Waals surface area contributed by atoms with E-state index in [0.29, 0.717) is 34.9 Å². The van der Waals surface area contributed by atoms with Gasteiger partial charge in [-0.25, -0.2) is 0 Å². The molecule has 3 aromatic carbocycles. The van der Waals surface area contributed by atoms with Crippen molar-refractivity contribution in [2.45, 2.75) is 19.4 Å². The van der Waals surface area contributed by atoms with Gasteiger partial charge in [0.05, 0.1) is 25.3 Å². The number of benzene rings is 3. The molecular formula is C30H27ClN2O5. The second kappa shape index (κ2) is 10.6. The average molecular weight is 531 g/mol. The number of nitrogens with zero attached hydrogens (tertiary/aromatic N) is 1. The predicted octanol–water partition coefficient (Wildman–Crippen LogP) is 5.89. The molecule has 1 unspecified atom stereocenters. The largest absolute Gasteiger partial charge is 0.507 e. The summed E-state index contributed by atoms with van der Waals surface area (Å²) in [6.07, 6.45) is 2.37. The van der Waals surface area contributed by atoms with Crippen LogP contribution < -0.4 is 9.47 Å². The van der Waals surface area contributed by atoms with Gasteiger partial charge in [0.1, 0.15) is 17.3 Å². The maximum atomic E-state index is 13.4. The molecule has 2 N–H and O–H groups in total. The number of ether oxygens (including phenoxy) is 2. The van der Waals surface area contributed by atoms with Crippen LogP contribution in [0.15, 0.2) is 78.5 Å². The number of aliphatic hydroxyl groups excluding tert-OH is 1. The quantitative estimate of drug-likeness (QED) is 0.168. The van der Waals surface area contributed by atoms with Crippen molar-refractivity contribution in [3.05, 3.63) is 100 Å². The number of aliphatic hydroxyl groups is 1. The third-order valence-electron chi connectivity index (χ3n) is 6.78. The van der Waals surface area contributed by atoms with Crippen LogP contribution in [0, 0.1) is 0 Å². The first-order chi connectivity index (χ1) is 18.4. The fourth-order valence-electron chi connectivity index (χ4n) is 4.89. The fourth-order valence-corrected chi connectivity index (χ4v) is 5.13. The molecule has 8 heteroatoms. The lowest BCUT2D eigenvalue weighted by molar-refractivity contribution is -0.139. The molecule has 2 heterocycles. The molecule has 1 amide bonds. The van der Waals surface area contributed by atoms with Crippen molar-refractivity contribution in [3.63, 3.8) is 0 Å². The van der Waals surface area contributed by atoms with Gasteiger partial charge in [-0.05, 0) is 73.0 Å². The van der Waals surface area contributed by atoms with Crippen molar-refractivity contribution in [1.29, 1.82) is 0 Å². The monoisotopic (exact) mass is 530 g/mol. The standard InChI is InChI=1S/C30H27ClN2O5/c1-3-38-20-10-8-18(9-11-20)28(34)26-27(22-6-4-5-7-24(22)31)33(30(36)29(26)35)15-14-19-17-32-25-13-12-21(37-2)16-23(19)25/h4-13,16-17,27,32,34H,3,14-15H2,1-2H3/b28-26-. The van der Waals surface area contributed by atoms with Crippen LogP contribution in [-0.2, 0) is 16.0 Å². The summed E-state index contributed by atoms with van der Waals surface area (Å²) in [6, 6.07) is 18.7. The molecule has 1 saturated heterocycles. The first-order valence-corrected chi connectivity index (χ1v) is 12.7. The van der Waals surface area contributed by atoms with E-state index >= 15 is 0 Å². The summed E-state index contributed by atoms with van der Waals surface area (Å²) in [7, 11) is 1.61. The van der Waals surface area contributed by atoms with E-state index < -0.39 is 17.7 Å². The number of carbonyl (C=O) groups is 2. The predicted molar refractivity (Wildman–Crippen MR) is 147 cm³/mol. The molecule has 194 valence electrons. The Hall–Kier alpha value is -4.23. The van der Waals surface area contributed by atoms with E-state index in [0.717, 1.165) is 22.2 Å². The van der Waals surface area contributed by atoms with Crippen LogP contribution in [-0.4, -0.2) is 46.9 Å². The second-order valence-electron chi connectivity index (χ2n) is 8.95. The zero-order valence-corrected chi connectivity index (χ0v) is 21.8. The Morgan fingerprint density at radius 2 is 1.79 bits per heavy atom. The maximum absolute atomic E-state index is 13.4. The Balaban J connectivity index is 1.54. The number of aromatic nitrogens is 1. The van der Waals surface area contributed by atoms with Crippen molar-refractivity contribution in [2.75, 3.05) is 20.3 Å². The number of hydrogen-bond acceptors (Lipinski definition) is 5. The number of ketones is 1. The van der Waals surface area contributed by atoms with Gasteiger partial charge in [0.2, 0.25) is 0 Å². The topological polar surface area (TPSA) is 91.9 Å². The molecule has 1 aliphatic heterocycles. The van der Waals surface area contributed by atoms with Gasteiger partial charge in [-0.1, -0.05) is 29.8 Å². The molecule has 0 radical (unpaired) electrons. The summed E-state index contributed by atoms with van der Waals surface area (Å²) in [5.74, 6) is -0.315. The smallest absolute Gasteiger partial charge is 0.295 e. The number of halogens is 1. The lowest BCUT2D eigenvalue weighted by atomic mass is 9.95. The van der Waals surface area contributed by atoms with Crippen LogP contribution in [0.3, 0.4) is 0 Å². The van der Waals surface area contributed by atoms with Crippen LogP contribution >= 0.6 is 11.6 Å². The first-order valence-electron chi connectivity index (χ1n) is 12.3. The zero-order valence-electron chi connectivity index (χ0n) is 21.0. The van der Waals surface area contributed by atoms with E-state index in [-0.39, 0.29) is 17.9 Å². The van der Waals surface area contributed by atoms with Gasteiger partial charge in [-0.15, -0.1) is 0 Å². The number of fused-ring (bicyclic) bond motifs is 1. The molecule has 0 aliphatic carbocycles. The minimum Gasteiger partial charge on any atom is -0.507 e. The van der Waals surface area contributed by atoms with Crippen LogP contribution in [0.4, 0.5) is 0 Å². The third-order valence-corrected chi connectivity index (χ3v) is 7.12. The molecule has 1 aliphatic rings. The highest BCUT2D eigenvalue weighted by Gasteiger charge is 2.46. The Labute approximate surface area is 225 Å². The van der Waals surface area contributed by atoms with Crippen molar-refractivity contribution >= 4 is 40.0 Å². The molecular weight excluding hydrogens is 504 g/mol. The van der Waals surface area contributed by atoms with Gasteiger partial charge in [-0.2, -0.15) is 0 Å². The van der Waals surface area contributed by atoms with E-state index in [1.807, 2.05) is 31.3 Å². The van der Waals surface area contributed by atoms with E-state index in [1.165, 1.54) is 4.90 Å². The van der Waals surface area contributed by atoms with Crippen LogP contribution in [0.25, 0.3) is 16.7 Å². The highest BCUT2D eigenvalue weighted by Crippen LogP contribution is 2.42. The fraction of sp³-hybridized carbons (Fsp3) is 0.200. The van der Waals surface area contributed by atoms with Crippen LogP contribution in [0.5, 0.6) is 11.5 Å². The number of hydrogen-bond donors (Lipinski definition) is 2. The van der Waals surface area contributed by atoms with Crippen molar-refractivity contribution < 1.29 is 24.2 Å². The Morgan fingerprint density at radius 3 is 2.50 bits per heavy atom. The van der Waals surface area contributed by atoms with Gasteiger partial charge in [0.25, 0.3) is 11.7 Å². The number of H-pyrrole nitrogens is 1. The molecule has 1 fully saturated rings. The van der Waals surface area contributed by atoms with Crippen molar-refractivity contribution in [3.8, 4) is 11.5 Å². The normalized spacial score (nSPS) is 16.8. The molecule has 0 saturated carbocycles. The van der Waals surface area contributed by atoms with Gasteiger partial charge >= 0.3 is 0 Å². The summed E-state index contributed by atoms with van der Waals surface area (Å²) in [4.78, 5) is 31.4. The minimum absolute atomic E-state index is 0.00727. The molecule has 4 aromatic rings. The summed E-state index contributed by atoms with van der Waals surface area (Å²) in [5.41, 5.74) is 2.91. The maximum Gasteiger partial charge on any atom is 0.295 e. The lowest BCUT2D eigenvalue weighted by Crippen LogP contribution is -2.31. The number of rotatable bonds is 8. The van der Waals surface area contributed by atoms with Gasteiger partial charge < -0.3 is 24.5 Å². The molecule has 38 heavy (non-hydrogen) atoms. The van der Waals surface area contributed by atoms with E-state index in [1.54, 1.807) is 55.6 Å². The van der Waals surface area contributed by atoms with Crippen LogP contribution in [0.1, 0.15) is 29.7 Å². The molecule has 1 atom stereocenters. The molecule has 5 rings (SSSR count). The highest BCUT2D eigenvalue weighted by atomic mass is 35.5. The third kappa shape index (κ3) is 4.61. The summed E-state index contributed by atoms with van der Waals surface area (Å²) in [5, 5.41) is 12.7. The first kappa shape index (κ1) is 25.4. The second-order valence-corrected chi connectivity index (χ2v) is 9.35. The summed E-state index contributed by atoms with van der Waals surface area (Å²) >= 11 is 6.56. The van der Waals surface area contributed by atoms with E-state index in [4.69, 9.17) is 21.1 Å². The molecule has 0 spiro atoms. The van der Waals surface area contributed by atoms with Gasteiger partial charge in [-0.3, -0.25) is 9.59 Å². The highest BCUT2D eigenvalue weighted by molar-refractivity contribution is 6.47. The molecule has 0 bridgehead atoms. The summed E-state index contributed by atoms with van der Waals surface area (Å²) < 4.78 is 10.9. The molecule has 1 aromatic heterocycles. The minimum atomic E-state index is -0.838. The number of aromatic amines is 1. The number of amides is 1. The zero-order chi connectivity index (χ0) is 26.8. The van der Waals surface area contributed by atoms with Crippen molar-refractivity contribution in [1.82, 2.24) is 9.88 Å². The number of carbonyl (C=O) groups excluding carboxylic acids is 2. The van der Waals surface area contributed by atoms with Gasteiger partial charge in [0, 0.05) is 34.2 Å².